The quantitative estimate of drug-likeness (QED) is 0.728. The van der Waals surface area contributed by atoms with Crippen LogP contribution in [0.2, 0.25) is 0 Å². The Bertz CT molecular complexity index is 295. The first-order valence-corrected chi connectivity index (χ1v) is 4.45. The van der Waals surface area contributed by atoms with E-state index in [0.29, 0.717) is 12.3 Å². The van der Waals surface area contributed by atoms with Crippen LogP contribution in [0.5, 0.6) is 5.75 Å². The third kappa shape index (κ3) is 3.35. The smallest absolute Gasteiger partial charge is 0.411 e. The second-order valence-electron chi connectivity index (χ2n) is 2.81. The molecule has 4 heteroatoms. The summed E-state index contributed by atoms with van der Waals surface area (Å²) in [4.78, 5) is 11.1. The molecule has 0 atom stereocenters. The standard InChI is InChI=1S/C10H13NO3/c1-2-7-14-10(13)11-8-3-5-9(12)6-4-8/h3-6,12H,2,7H2,1H3,(H,11,13). The van der Waals surface area contributed by atoms with Crippen LogP contribution >= 0.6 is 0 Å². The largest absolute Gasteiger partial charge is 0.508 e. The molecule has 0 radical (unpaired) electrons. The average Bonchev–Trinajstić information content (AvgIpc) is 2.18. The van der Waals surface area contributed by atoms with E-state index in [1.165, 1.54) is 12.1 Å². The molecule has 0 aliphatic heterocycles. The minimum absolute atomic E-state index is 0.164. The van der Waals surface area contributed by atoms with Crippen LogP contribution < -0.4 is 5.32 Å². The third-order valence-corrected chi connectivity index (χ3v) is 1.55. The first-order valence-electron chi connectivity index (χ1n) is 4.45. The molecule has 0 unspecified atom stereocenters. The topological polar surface area (TPSA) is 58.6 Å². The number of phenols is 1. The van der Waals surface area contributed by atoms with Gasteiger partial charge in [0.25, 0.3) is 0 Å². The number of nitrogens with one attached hydrogen (secondary N) is 1. The van der Waals surface area contributed by atoms with Crippen molar-refractivity contribution in [3.05, 3.63) is 24.3 Å². The molecule has 4 nitrogen and oxygen atoms in total. The molecule has 0 saturated heterocycles. The Morgan fingerprint density at radius 3 is 2.64 bits per heavy atom. The fourth-order valence-corrected chi connectivity index (χ4v) is 0.893. The van der Waals surface area contributed by atoms with Crippen molar-refractivity contribution in [3.63, 3.8) is 0 Å². The van der Waals surface area contributed by atoms with E-state index >= 15 is 0 Å². The van der Waals surface area contributed by atoms with Crippen molar-refractivity contribution in [1.82, 2.24) is 0 Å². The summed E-state index contributed by atoms with van der Waals surface area (Å²) in [6.07, 6.45) is 0.320. The molecule has 14 heavy (non-hydrogen) atoms. The van der Waals surface area contributed by atoms with Crippen LogP contribution in [0, 0.1) is 0 Å². The lowest BCUT2D eigenvalue weighted by Gasteiger charge is -2.05. The lowest BCUT2D eigenvalue weighted by molar-refractivity contribution is 0.161. The van der Waals surface area contributed by atoms with Crippen molar-refractivity contribution in [2.24, 2.45) is 0 Å². The second-order valence-corrected chi connectivity index (χ2v) is 2.81. The Morgan fingerprint density at radius 2 is 2.07 bits per heavy atom. The normalized spacial score (nSPS) is 9.50. The van der Waals surface area contributed by atoms with Gasteiger partial charge in [-0.15, -0.1) is 0 Å². The molecule has 0 fully saturated rings. The van der Waals surface area contributed by atoms with Gasteiger partial charge in [0.15, 0.2) is 0 Å². The Labute approximate surface area is 82.5 Å². The van der Waals surface area contributed by atoms with E-state index in [1.807, 2.05) is 6.92 Å². The molecule has 1 rings (SSSR count). The molecule has 76 valence electrons. The van der Waals surface area contributed by atoms with E-state index in [9.17, 15) is 4.79 Å². The average molecular weight is 195 g/mol. The molecule has 0 heterocycles. The van der Waals surface area contributed by atoms with Crippen LogP contribution in [0.3, 0.4) is 0 Å². The zero-order valence-corrected chi connectivity index (χ0v) is 7.99. The lowest BCUT2D eigenvalue weighted by Crippen LogP contribution is -2.13. The first-order chi connectivity index (χ1) is 6.72. The zero-order chi connectivity index (χ0) is 10.4. The van der Waals surface area contributed by atoms with Crippen LogP contribution in [0.15, 0.2) is 24.3 Å². The fraction of sp³-hybridized carbons (Fsp3) is 0.300. The second kappa shape index (κ2) is 5.11. The molecule has 0 bridgehead atoms. The van der Waals surface area contributed by atoms with Crippen molar-refractivity contribution in [2.75, 3.05) is 11.9 Å². The molecular formula is C10H13NO3. The van der Waals surface area contributed by atoms with E-state index in [-0.39, 0.29) is 5.75 Å². The maximum absolute atomic E-state index is 11.1. The summed E-state index contributed by atoms with van der Waals surface area (Å²) >= 11 is 0. The minimum Gasteiger partial charge on any atom is -0.508 e. The molecule has 1 aromatic carbocycles. The number of carbonyl (C=O) groups is 1. The van der Waals surface area contributed by atoms with Gasteiger partial charge in [-0.1, -0.05) is 6.92 Å². The summed E-state index contributed by atoms with van der Waals surface area (Å²) in [5, 5.41) is 11.5. The van der Waals surface area contributed by atoms with Gasteiger partial charge in [0.05, 0.1) is 6.61 Å². The molecule has 0 aliphatic rings. The van der Waals surface area contributed by atoms with Gasteiger partial charge in [0.2, 0.25) is 0 Å². The summed E-state index contributed by atoms with van der Waals surface area (Å²) in [6, 6.07) is 6.19. The predicted octanol–water partition coefficient (Wildman–Crippen LogP) is 2.35. The Morgan fingerprint density at radius 1 is 1.43 bits per heavy atom. The number of hydrogen-bond donors (Lipinski definition) is 2. The molecular weight excluding hydrogens is 182 g/mol. The summed E-state index contributed by atoms with van der Waals surface area (Å²) in [5.74, 6) is 0.164. The van der Waals surface area contributed by atoms with Crippen LogP contribution in [0.1, 0.15) is 13.3 Å². The number of anilines is 1. The number of hydrogen-bond acceptors (Lipinski definition) is 3. The first kappa shape index (κ1) is 10.4. The van der Waals surface area contributed by atoms with Crippen molar-refractivity contribution < 1.29 is 14.6 Å². The highest BCUT2D eigenvalue weighted by Crippen LogP contribution is 2.13. The molecule has 2 N–H and O–H groups in total. The van der Waals surface area contributed by atoms with Gasteiger partial charge in [-0.2, -0.15) is 0 Å². The fourth-order valence-electron chi connectivity index (χ4n) is 0.893. The summed E-state index contributed by atoms with van der Waals surface area (Å²) < 4.78 is 4.81. The zero-order valence-electron chi connectivity index (χ0n) is 7.99. The highest BCUT2D eigenvalue weighted by atomic mass is 16.5. The molecule has 0 aliphatic carbocycles. The Hall–Kier alpha value is -1.71. The lowest BCUT2D eigenvalue weighted by atomic mass is 10.3. The van der Waals surface area contributed by atoms with Gasteiger partial charge >= 0.3 is 6.09 Å². The molecule has 0 spiro atoms. The van der Waals surface area contributed by atoms with Gasteiger partial charge in [-0.25, -0.2) is 4.79 Å². The third-order valence-electron chi connectivity index (χ3n) is 1.55. The van der Waals surface area contributed by atoms with Gasteiger partial charge in [-0.05, 0) is 30.7 Å². The maximum Gasteiger partial charge on any atom is 0.411 e. The SMILES string of the molecule is CCCOC(=O)Nc1ccc(O)cc1. The summed E-state index contributed by atoms with van der Waals surface area (Å²) in [5.41, 5.74) is 0.601. The van der Waals surface area contributed by atoms with E-state index in [0.717, 1.165) is 6.42 Å². The van der Waals surface area contributed by atoms with Crippen LogP contribution in [-0.2, 0) is 4.74 Å². The minimum atomic E-state index is -0.475. The van der Waals surface area contributed by atoms with Crippen molar-refractivity contribution >= 4 is 11.8 Å². The molecule has 1 amide bonds. The van der Waals surface area contributed by atoms with Crippen LogP contribution in [0.4, 0.5) is 10.5 Å². The Balaban J connectivity index is 2.44. The monoisotopic (exact) mass is 195 g/mol. The number of aromatic hydroxyl groups is 1. The van der Waals surface area contributed by atoms with Crippen LogP contribution in [0.25, 0.3) is 0 Å². The van der Waals surface area contributed by atoms with Gasteiger partial charge in [0.1, 0.15) is 5.75 Å². The van der Waals surface area contributed by atoms with Gasteiger partial charge in [0, 0.05) is 5.69 Å². The van der Waals surface area contributed by atoms with Gasteiger partial charge < -0.3 is 9.84 Å². The Kier molecular flexibility index (Phi) is 3.79. The summed E-state index contributed by atoms with van der Waals surface area (Å²) in [7, 11) is 0. The van der Waals surface area contributed by atoms with Crippen molar-refractivity contribution in [2.45, 2.75) is 13.3 Å². The summed E-state index contributed by atoms with van der Waals surface area (Å²) in [6.45, 7) is 2.33. The molecule has 1 aromatic rings. The molecule has 0 aromatic heterocycles. The number of carbonyl (C=O) groups excluding carboxylic acids is 1. The number of ether oxygens (including phenoxy) is 1. The van der Waals surface area contributed by atoms with E-state index < -0.39 is 6.09 Å². The van der Waals surface area contributed by atoms with Crippen molar-refractivity contribution in [1.29, 1.82) is 0 Å². The van der Waals surface area contributed by atoms with Gasteiger partial charge in [-0.3, -0.25) is 5.32 Å². The highest BCUT2D eigenvalue weighted by Gasteiger charge is 2.01. The highest BCUT2D eigenvalue weighted by molar-refractivity contribution is 5.84. The van der Waals surface area contributed by atoms with E-state index in [1.54, 1.807) is 12.1 Å². The van der Waals surface area contributed by atoms with E-state index in [2.05, 4.69) is 5.32 Å². The number of amides is 1. The molecule has 0 saturated carbocycles. The maximum atomic E-state index is 11.1. The predicted molar refractivity (Wildman–Crippen MR) is 53.4 cm³/mol. The van der Waals surface area contributed by atoms with Crippen LogP contribution in [-0.4, -0.2) is 17.8 Å². The van der Waals surface area contributed by atoms with E-state index in [4.69, 9.17) is 9.84 Å². The van der Waals surface area contributed by atoms with Crippen molar-refractivity contribution in [3.8, 4) is 5.75 Å². The number of benzene rings is 1. The number of phenolic OH excluding ortho intramolecular Hbond substituents is 1. The number of rotatable bonds is 3.